The fraction of sp³-hybridized carbons (Fsp3) is 0.312. The number of carboxylic acids is 1. The molecule has 4 nitrogen and oxygen atoms in total. The van der Waals surface area contributed by atoms with Crippen molar-refractivity contribution in [2.24, 2.45) is 0 Å². The minimum Gasteiger partial charge on any atom is -0.478 e. The molecule has 1 aromatic heterocycles. The first kappa shape index (κ1) is 12.8. The largest absolute Gasteiger partial charge is 0.478 e. The van der Waals surface area contributed by atoms with Gasteiger partial charge in [0.1, 0.15) is 5.76 Å². The maximum absolute atomic E-state index is 11.3. The van der Waals surface area contributed by atoms with E-state index in [-0.39, 0.29) is 6.04 Å². The number of carboxylic acid groups (broad SMARTS) is 1. The summed E-state index contributed by atoms with van der Waals surface area (Å²) in [6.07, 6.45) is 3.45. The monoisotopic (exact) mass is 271 g/mol. The van der Waals surface area contributed by atoms with E-state index in [1.807, 2.05) is 24.3 Å². The topological polar surface area (TPSA) is 53.7 Å². The predicted molar refractivity (Wildman–Crippen MR) is 76.2 cm³/mol. The first-order chi connectivity index (χ1) is 9.68. The molecule has 0 amide bonds. The van der Waals surface area contributed by atoms with Crippen molar-refractivity contribution in [2.45, 2.75) is 25.8 Å². The Hall–Kier alpha value is -2.23. The van der Waals surface area contributed by atoms with Gasteiger partial charge in [-0.05, 0) is 49.6 Å². The second-order valence-electron chi connectivity index (χ2n) is 5.10. The number of hydrogen-bond donors (Lipinski definition) is 1. The van der Waals surface area contributed by atoms with Crippen molar-refractivity contribution in [3.05, 3.63) is 53.5 Å². The summed E-state index contributed by atoms with van der Waals surface area (Å²) in [6, 6.07) is 9.44. The molecule has 0 fully saturated rings. The van der Waals surface area contributed by atoms with Crippen LogP contribution in [0.5, 0.6) is 0 Å². The minimum atomic E-state index is -0.852. The number of carbonyl (C=O) groups is 1. The van der Waals surface area contributed by atoms with Gasteiger partial charge < -0.3 is 14.4 Å². The van der Waals surface area contributed by atoms with Gasteiger partial charge in [0, 0.05) is 12.2 Å². The van der Waals surface area contributed by atoms with Crippen LogP contribution < -0.4 is 4.90 Å². The van der Waals surface area contributed by atoms with Gasteiger partial charge in [-0.1, -0.05) is 6.07 Å². The van der Waals surface area contributed by atoms with Gasteiger partial charge in [0.2, 0.25) is 0 Å². The molecule has 0 spiro atoms. The van der Waals surface area contributed by atoms with E-state index in [0.717, 1.165) is 36.4 Å². The lowest BCUT2D eigenvalue weighted by atomic mass is 9.95. The van der Waals surface area contributed by atoms with Gasteiger partial charge in [0.05, 0.1) is 17.9 Å². The summed E-state index contributed by atoms with van der Waals surface area (Å²) in [4.78, 5) is 13.6. The Morgan fingerprint density at radius 3 is 2.90 bits per heavy atom. The minimum absolute atomic E-state index is 0.105. The molecular weight excluding hydrogens is 254 g/mol. The van der Waals surface area contributed by atoms with Crippen molar-refractivity contribution < 1.29 is 14.3 Å². The van der Waals surface area contributed by atoms with Crippen LogP contribution in [-0.2, 0) is 6.42 Å². The lowest BCUT2D eigenvalue weighted by Gasteiger charge is -2.35. The average molecular weight is 271 g/mol. The third-order valence-corrected chi connectivity index (χ3v) is 3.94. The van der Waals surface area contributed by atoms with Crippen LogP contribution in [0.3, 0.4) is 0 Å². The van der Waals surface area contributed by atoms with Gasteiger partial charge >= 0.3 is 5.97 Å². The van der Waals surface area contributed by atoms with E-state index in [2.05, 4.69) is 11.8 Å². The van der Waals surface area contributed by atoms with Gasteiger partial charge in [0.25, 0.3) is 0 Å². The molecule has 1 unspecified atom stereocenters. The molecule has 1 aliphatic heterocycles. The standard InChI is InChI=1S/C16H17NO3/c1-11(15-8-4-10-20-15)17-9-3-6-12-13(16(18)19)5-2-7-14(12)17/h2,4-5,7-8,10-11H,3,6,9H2,1H3,(H,18,19). The number of nitrogens with zero attached hydrogens (tertiary/aromatic N) is 1. The molecular formula is C16H17NO3. The molecule has 1 aromatic carbocycles. The third kappa shape index (κ3) is 2.07. The average Bonchev–Trinajstić information content (AvgIpc) is 2.99. The molecule has 0 aliphatic carbocycles. The molecule has 104 valence electrons. The van der Waals surface area contributed by atoms with Crippen molar-refractivity contribution in [3.63, 3.8) is 0 Å². The van der Waals surface area contributed by atoms with Crippen LogP contribution in [0.1, 0.15) is 41.1 Å². The number of furan rings is 1. The number of benzene rings is 1. The van der Waals surface area contributed by atoms with Crippen LogP contribution in [0.2, 0.25) is 0 Å². The van der Waals surface area contributed by atoms with E-state index < -0.39 is 5.97 Å². The highest BCUT2D eigenvalue weighted by Crippen LogP contribution is 2.35. The Labute approximate surface area is 117 Å². The smallest absolute Gasteiger partial charge is 0.336 e. The van der Waals surface area contributed by atoms with E-state index in [1.165, 1.54) is 0 Å². The van der Waals surface area contributed by atoms with E-state index in [9.17, 15) is 9.90 Å². The molecule has 1 atom stereocenters. The summed E-state index contributed by atoms with van der Waals surface area (Å²) < 4.78 is 5.48. The summed E-state index contributed by atoms with van der Waals surface area (Å²) in [5.41, 5.74) is 2.36. The first-order valence-electron chi connectivity index (χ1n) is 6.83. The van der Waals surface area contributed by atoms with Crippen LogP contribution in [0.25, 0.3) is 0 Å². The fourth-order valence-electron chi connectivity index (χ4n) is 2.94. The molecule has 3 rings (SSSR count). The second-order valence-corrected chi connectivity index (χ2v) is 5.10. The highest BCUT2D eigenvalue weighted by atomic mass is 16.4. The zero-order chi connectivity index (χ0) is 14.1. The molecule has 0 bridgehead atoms. The van der Waals surface area contributed by atoms with Gasteiger partial charge in [-0.25, -0.2) is 4.79 Å². The maximum Gasteiger partial charge on any atom is 0.336 e. The number of hydrogen-bond acceptors (Lipinski definition) is 3. The molecule has 20 heavy (non-hydrogen) atoms. The van der Waals surface area contributed by atoms with Gasteiger partial charge in [-0.15, -0.1) is 0 Å². The summed E-state index contributed by atoms with van der Waals surface area (Å²) in [6.45, 7) is 3.00. The summed E-state index contributed by atoms with van der Waals surface area (Å²) in [7, 11) is 0. The van der Waals surface area contributed by atoms with Crippen molar-refractivity contribution in [1.29, 1.82) is 0 Å². The predicted octanol–water partition coefficient (Wildman–Crippen LogP) is 3.49. The van der Waals surface area contributed by atoms with Crippen LogP contribution in [0, 0.1) is 0 Å². The zero-order valence-corrected chi connectivity index (χ0v) is 11.4. The molecule has 1 aliphatic rings. The molecule has 2 heterocycles. The normalized spacial score (nSPS) is 15.8. The van der Waals surface area contributed by atoms with Crippen molar-refractivity contribution in [3.8, 4) is 0 Å². The van der Waals surface area contributed by atoms with E-state index in [0.29, 0.717) is 5.56 Å². The number of anilines is 1. The van der Waals surface area contributed by atoms with Crippen molar-refractivity contribution in [2.75, 3.05) is 11.4 Å². The quantitative estimate of drug-likeness (QED) is 0.928. The summed E-state index contributed by atoms with van der Waals surface area (Å²) in [5.74, 6) is 0.0490. The van der Waals surface area contributed by atoms with Crippen LogP contribution >= 0.6 is 0 Å². The number of aromatic carboxylic acids is 1. The van der Waals surface area contributed by atoms with E-state index in [4.69, 9.17) is 4.42 Å². The van der Waals surface area contributed by atoms with E-state index >= 15 is 0 Å². The van der Waals surface area contributed by atoms with Gasteiger partial charge in [0.15, 0.2) is 0 Å². The van der Waals surface area contributed by atoms with Crippen LogP contribution in [-0.4, -0.2) is 17.6 Å². The third-order valence-electron chi connectivity index (χ3n) is 3.94. The summed E-state index contributed by atoms with van der Waals surface area (Å²) >= 11 is 0. The Kier molecular flexibility index (Phi) is 3.22. The zero-order valence-electron chi connectivity index (χ0n) is 11.4. The Balaban J connectivity index is 2.02. The van der Waals surface area contributed by atoms with Crippen molar-refractivity contribution in [1.82, 2.24) is 0 Å². The second kappa shape index (κ2) is 5.04. The SMILES string of the molecule is CC(c1ccco1)N1CCCc2c(C(=O)O)cccc21. The Bertz CT molecular complexity index is 619. The molecule has 0 saturated carbocycles. The van der Waals surface area contributed by atoms with Crippen LogP contribution in [0.4, 0.5) is 5.69 Å². The molecule has 0 radical (unpaired) electrons. The Morgan fingerprint density at radius 1 is 1.35 bits per heavy atom. The lowest BCUT2D eigenvalue weighted by molar-refractivity contribution is 0.0695. The highest BCUT2D eigenvalue weighted by molar-refractivity contribution is 5.91. The first-order valence-corrected chi connectivity index (χ1v) is 6.83. The molecule has 0 saturated heterocycles. The van der Waals surface area contributed by atoms with Crippen LogP contribution in [0.15, 0.2) is 41.0 Å². The Morgan fingerprint density at radius 2 is 2.20 bits per heavy atom. The fourth-order valence-corrected chi connectivity index (χ4v) is 2.94. The van der Waals surface area contributed by atoms with E-state index in [1.54, 1.807) is 12.3 Å². The summed E-state index contributed by atoms with van der Waals surface area (Å²) in [5, 5.41) is 9.31. The number of fused-ring (bicyclic) bond motifs is 1. The lowest BCUT2D eigenvalue weighted by Crippen LogP contribution is -2.32. The molecule has 2 aromatic rings. The van der Waals surface area contributed by atoms with Crippen molar-refractivity contribution >= 4 is 11.7 Å². The number of rotatable bonds is 3. The maximum atomic E-state index is 11.3. The molecule has 4 heteroatoms. The highest BCUT2D eigenvalue weighted by Gasteiger charge is 2.26. The van der Waals surface area contributed by atoms with Gasteiger partial charge in [-0.2, -0.15) is 0 Å². The van der Waals surface area contributed by atoms with Gasteiger partial charge in [-0.3, -0.25) is 0 Å². The molecule has 1 N–H and O–H groups in total.